The first-order valence-corrected chi connectivity index (χ1v) is 22.0. The number of rotatable bonds is 6. The molecule has 0 aliphatic carbocycles. The Kier molecular flexibility index (Phi) is 8.01. The zero-order chi connectivity index (χ0) is 41.4. The molecule has 0 radical (unpaired) electrons. The van der Waals surface area contributed by atoms with Crippen molar-refractivity contribution in [2.45, 2.75) is 0 Å². The molecule has 4 aromatic heterocycles. The van der Waals surface area contributed by atoms with E-state index < -0.39 is 0 Å². The van der Waals surface area contributed by atoms with E-state index in [1.807, 2.05) is 47.7 Å². The number of nitrogens with zero attached hydrogens (tertiary/aromatic N) is 5. The highest BCUT2D eigenvalue weighted by Gasteiger charge is 2.29. The number of aromatic nitrogens is 5. The van der Waals surface area contributed by atoms with Gasteiger partial charge in [0, 0.05) is 53.7 Å². The first kappa shape index (κ1) is 35.6. The van der Waals surface area contributed by atoms with E-state index in [1.54, 1.807) is 0 Å². The summed E-state index contributed by atoms with van der Waals surface area (Å²) < 4.78 is 7.39. The molecule has 5 nitrogen and oxygen atoms in total. The van der Waals surface area contributed by atoms with Gasteiger partial charge in [-0.3, -0.25) is 0 Å². The lowest BCUT2D eigenvalue weighted by molar-refractivity contribution is 1.06. The minimum atomic E-state index is 0.599. The van der Waals surface area contributed by atoms with E-state index in [2.05, 4.69) is 185 Å². The average Bonchev–Trinajstić information content (AvgIpc) is 4.02. The Balaban J connectivity index is 1.29. The molecule has 0 spiro atoms. The lowest BCUT2D eigenvalue weighted by Gasteiger charge is -2.21. The van der Waals surface area contributed by atoms with Crippen LogP contribution in [0, 0.1) is 0 Å². The molecule has 63 heavy (non-hydrogen) atoms. The van der Waals surface area contributed by atoms with Gasteiger partial charge in [-0.25, -0.2) is 15.0 Å². The van der Waals surface area contributed by atoms with Gasteiger partial charge in [-0.05, 0) is 41.5 Å². The molecule has 13 rings (SSSR count). The summed E-state index contributed by atoms with van der Waals surface area (Å²) in [4.78, 5) is 16.1. The van der Waals surface area contributed by atoms with Gasteiger partial charge in [0.1, 0.15) is 0 Å². The second-order valence-corrected chi connectivity index (χ2v) is 16.9. The van der Waals surface area contributed by atoms with Crippen LogP contribution in [0.4, 0.5) is 0 Å². The molecule has 294 valence electrons. The average molecular weight is 822 g/mol. The van der Waals surface area contributed by atoms with Gasteiger partial charge in [0.2, 0.25) is 0 Å². The summed E-state index contributed by atoms with van der Waals surface area (Å²) >= 11 is 1.86. The van der Waals surface area contributed by atoms with Gasteiger partial charge < -0.3 is 9.13 Å². The number of hydrogen-bond acceptors (Lipinski definition) is 4. The fourth-order valence-corrected chi connectivity index (χ4v) is 11.0. The molecule has 6 heteroatoms. The zero-order valence-electron chi connectivity index (χ0n) is 33.9. The molecule has 0 saturated heterocycles. The van der Waals surface area contributed by atoms with E-state index in [0.29, 0.717) is 17.5 Å². The first-order valence-electron chi connectivity index (χ1n) is 21.2. The Labute approximate surface area is 366 Å². The van der Waals surface area contributed by atoms with Gasteiger partial charge in [-0.2, -0.15) is 0 Å². The van der Waals surface area contributed by atoms with Crippen molar-refractivity contribution in [1.82, 2.24) is 24.1 Å². The van der Waals surface area contributed by atoms with E-state index in [9.17, 15) is 0 Å². The van der Waals surface area contributed by atoms with Crippen LogP contribution in [0.25, 0.3) is 120 Å². The van der Waals surface area contributed by atoms with Crippen molar-refractivity contribution in [3.8, 4) is 56.7 Å². The summed E-state index contributed by atoms with van der Waals surface area (Å²) in [5.74, 6) is 1.84. The van der Waals surface area contributed by atoms with E-state index in [4.69, 9.17) is 15.0 Å². The van der Waals surface area contributed by atoms with Crippen LogP contribution in [-0.4, -0.2) is 24.1 Å². The third-order valence-corrected chi connectivity index (χ3v) is 13.6. The number of para-hydroxylation sites is 4. The van der Waals surface area contributed by atoms with E-state index in [-0.39, 0.29) is 0 Å². The van der Waals surface area contributed by atoms with Crippen molar-refractivity contribution >= 4 is 75.1 Å². The molecule has 4 heterocycles. The van der Waals surface area contributed by atoms with Crippen molar-refractivity contribution in [2.24, 2.45) is 0 Å². The van der Waals surface area contributed by atoms with Crippen molar-refractivity contribution < 1.29 is 0 Å². The monoisotopic (exact) mass is 821 g/mol. The highest BCUT2D eigenvalue weighted by Crippen LogP contribution is 2.50. The summed E-state index contributed by atoms with van der Waals surface area (Å²) in [6.07, 6.45) is 0. The fraction of sp³-hybridized carbons (Fsp3) is 0. The van der Waals surface area contributed by atoms with Crippen LogP contribution in [-0.2, 0) is 0 Å². The van der Waals surface area contributed by atoms with Gasteiger partial charge in [-0.15, -0.1) is 11.3 Å². The number of fused-ring (bicyclic) bond motifs is 9. The normalized spacial score (nSPS) is 11.8. The number of hydrogen-bond donors (Lipinski definition) is 0. The largest absolute Gasteiger partial charge is 0.306 e. The lowest BCUT2D eigenvalue weighted by atomic mass is 10.00. The predicted molar refractivity (Wildman–Crippen MR) is 263 cm³/mol. The van der Waals surface area contributed by atoms with Gasteiger partial charge in [0.15, 0.2) is 17.5 Å². The lowest BCUT2D eigenvalue weighted by Crippen LogP contribution is -2.08. The maximum atomic E-state index is 5.47. The molecule has 0 aliphatic heterocycles. The first-order chi connectivity index (χ1) is 31.3. The second-order valence-electron chi connectivity index (χ2n) is 15.9. The molecule has 0 aliphatic rings. The Morgan fingerprint density at radius 2 is 0.683 bits per heavy atom. The Bertz CT molecular complexity index is 3740. The van der Waals surface area contributed by atoms with Crippen molar-refractivity contribution in [2.75, 3.05) is 0 Å². The summed E-state index contributed by atoms with van der Waals surface area (Å²) in [5, 5.41) is 7.09. The Morgan fingerprint density at radius 1 is 0.286 bits per heavy atom. The molecule has 0 atom stereocenters. The molecule has 0 N–H and O–H groups in total. The Hall–Kier alpha value is -8.19. The molecule has 13 aromatic rings. The van der Waals surface area contributed by atoms with Gasteiger partial charge in [0.05, 0.1) is 38.1 Å². The van der Waals surface area contributed by atoms with Crippen LogP contribution >= 0.6 is 11.3 Å². The van der Waals surface area contributed by atoms with Gasteiger partial charge >= 0.3 is 0 Å². The van der Waals surface area contributed by atoms with Crippen LogP contribution in [0.3, 0.4) is 0 Å². The third-order valence-electron chi connectivity index (χ3n) is 12.4. The quantitative estimate of drug-likeness (QED) is 0.168. The Morgan fingerprint density at radius 3 is 1.17 bits per heavy atom. The van der Waals surface area contributed by atoms with Crippen LogP contribution < -0.4 is 0 Å². The molecule has 0 saturated carbocycles. The predicted octanol–water partition coefficient (Wildman–Crippen LogP) is 15.1. The maximum absolute atomic E-state index is 5.47. The van der Waals surface area contributed by atoms with Crippen LogP contribution in [0.1, 0.15) is 0 Å². The van der Waals surface area contributed by atoms with Crippen molar-refractivity contribution in [1.29, 1.82) is 0 Å². The third kappa shape index (κ3) is 5.52. The number of thiophene rings is 1. The fourth-order valence-electron chi connectivity index (χ4n) is 9.61. The van der Waals surface area contributed by atoms with E-state index in [0.717, 1.165) is 55.5 Å². The minimum Gasteiger partial charge on any atom is -0.306 e. The van der Waals surface area contributed by atoms with Crippen LogP contribution in [0.2, 0.25) is 0 Å². The molecular formula is C57H35N5S. The van der Waals surface area contributed by atoms with Crippen molar-refractivity contribution in [3.63, 3.8) is 0 Å². The van der Waals surface area contributed by atoms with Gasteiger partial charge in [0.25, 0.3) is 0 Å². The molecule has 0 bridgehead atoms. The van der Waals surface area contributed by atoms with E-state index in [1.165, 1.54) is 47.5 Å². The standard InChI is InChI=1S/C57H35N5S/c1-4-19-36(20-5-1)39-29-18-30-44-45-35-46(57-59-55(37-21-6-2-7-22-37)58-56(60-57)38-23-8-3-9-24-38)51(61-47-31-14-10-25-40(47)41-26-11-15-32-48(41)61)52(54(45)63-53(39)44)62-49-33-16-12-27-42(49)43-28-13-17-34-50(43)62/h1-35H. The van der Waals surface area contributed by atoms with E-state index >= 15 is 0 Å². The van der Waals surface area contributed by atoms with Gasteiger partial charge in [-0.1, -0.05) is 182 Å². The summed E-state index contributed by atoms with van der Waals surface area (Å²) in [6, 6.07) is 75.5. The molecule has 0 unspecified atom stereocenters. The highest BCUT2D eigenvalue weighted by atomic mass is 32.1. The summed E-state index contributed by atoms with van der Waals surface area (Å²) in [7, 11) is 0. The molecule has 0 amide bonds. The van der Waals surface area contributed by atoms with Crippen molar-refractivity contribution in [3.05, 3.63) is 212 Å². The smallest absolute Gasteiger partial charge is 0.166 e. The van der Waals surface area contributed by atoms with Crippen LogP contribution in [0.15, 0.2) is 212 Å². The maximum Gasteiger partial charge on any atom is 0.166 e. The number of benzene rings is 9. The second kappa shape index (κ2) is 14.2. The zero-order valence-corrected chi connectivity index (χ0v) is 34.7. The highest BCUT2D eigenvalue weighted by molar-refractivity contribution is 7.26. The summed E-state index contributed by atoms with van der Waals surface area (Å²) in [5.41, 5.74) is 11.7. The topological polar surface area (TPSA) is 48.5 Å². The molecule has 9 aromatic carbocycles. The SMILES string of the molecule is c1ccc(-c2nc(-c3ccccc3)nc(-c3cc4c(sc5c(-c6ccccc6)cccc54)c(-n4c5ccccc5c5ccccc54)c3-n3c4ccccc4c4ccccc43)n2)cc1. The summed E-state index contributed by atoms with van der Waals surface area (Å²) in [6.45, 7) is 0. The minimum absolute atomic E-state index is 0.599. The molecular weight excluding hydrogens is 787 g/mol. The van der Waals surface area contributed by atoms with Crippen LogP contribution in [0.5, 0.6) is 0 Å². The molecule has 0 fully saturated rings.